The number of nitrogens with zero attached hydrogens (tertiary/aromatic N) is 2. The highest BCUT2D eigenvalue weighted by Gasteiger charge is 2.12. The summed E-state index contributed by atoms with van der Waals surface area (Å²) in [6.45, 7) is 2.65. The largest absolute Gasteiger partial charge is 0.397 e. The van der Waals surface area contributed by atoms with Crippen LogP contribution in [0.2, 0.25) is 0 Å². The topological polar surface area (TPSA) is 42.2 Å². The Morgan fingerprint density at radius 1 is 1.50 bits per heavy atom. The van der Waals surface area contributed by atoms with Gasteiger partial charge in [-0.3, -0.25) is 0 Å². The van der Waals surface area contributed by atoms with Crippen molar-refractivity contribution in [2.24, 2.45) is 0 Å². The second kappa shape index (κ2) is 5.40. The van der Waals surface area contributed by atoms with Gasteiger partial charge in [0.05, 0.1) is 32.7 Å². The van der Waals surface area contributed by atoms with Gasteiger partial charge in [0.2, 0.25) is 0 Å². The van der Waals surface area contributed by atoms with E-state index in [1.165, 1.54) is 6.07 Å². The number of nitrogens with two attached hydrogens (primary N) is 1. The number of thiazole rings is 1. The average Bonchev–Trinajstić information content (AvgIpc) is 2.69. The van der Waals surface area contributed by atoms with Gasteiger partial charge in [0.1, 0.15) is 5.82 Å². The lowest BCUT2D eigenvalue weighted by Gasteiger charge is -2.21. The van der Waals surface area contributed by atoms with E-state index < -0.39 is 0 Å². The Balaban J connectivity index is 2.26. The van der Waals surface area contributed by atoms with Crippen LogP contribution in [0, 0.1) is 16.3 Å². The zero-order valence-corrected chi connectivity index (χ0v) is 13.0. The molecular weight excluding hydrogens is 364 g/mol. The molecule has 2 aromatic rings. The van der Waals surface area contributed by atoms with E-state index in [-0.39, 0.29) is 5.82 Å². The number of aryl methyl sites for hydroxylation is 1. The van der Waals surface area contributed by atoms with Gasteiger partial charge in [-0.25, -0.2) is 9.37 Å². The van der Waals surface area contributed by atoms with Crippen molar-refractivity contribution in [2.75, 3.05) is 17.7 Å². The van der Waals surface area contributed by atoms with Gasteiger partial charge < -0.3 is 10.6 Å². The minimum Gasteiger partial charge on any atom is -0.397 e. The van der Waals surface area contributed by atoms with Gasteiger partial charge in [0.25, 0.3) is 0 Å². The summed E-state index contributed by atoms with van der Waals surface area (Å²) >= 11 is 3.53. The smallest absolute Gasteiger partial charge is 0.138 e. The summed E-state index contributed by atoms with van der Waals surface area (Å²) in [7, 11) is 1.90. The molecule has 0 radical (unpaired) electrons. The molecular formula is C12H13FIN3S. The molecule has 2 rings (SSSR count). The fourth-order valence-electron chi connectivity index (χ4n) is 1.66. The summed E-state index contributed by atoms with van der Waals surface area (Å²) < 4.78 is 14.1. The Kier molecular flexibility index (Phi) is 4.06. The number of nitrogen functional groups attached to an aromatic ring is 1. The number of anilines is 2. The maximum absolute atomic E-state index is 13.6. The Bertz CT molecular complexity index is 570. The van der Waals surface area contributed by atoms with E-state index in [1.54, 1.807) is 17.4 Å². The molecule has 1 aromatic carbocycles. The molecule has 18 heavy (non-hydrogen) atoms. The predicted octanol–water partition coefficient (Wildman–Crippen LogP) is 3.41. The van der Waals surface area contributed by atoms with Crippen molar-refractivity contribution in [3.05, 3.63) is 37.6 Å². The van der Waals surface area contributed by atoms with Gasteiger partial charge in [-0.05, 0) is 35.6 Å². The SMILES string of the molecule is Cc1ncsc1CN(C)c1cc(F)c(I)cc1N. The van der Waals surface area contributed by atoms with Crippen LogP contribution in [0.4, 0.5) is 15.8 Å². The summed E-state index contributed by atoms with van der Waals surface area (Å²) in [5, 5.41) is 0. The van der Waals surface area contributed by atoms with Crippen molar-refractivity contribution in [3.8, 4) is 0 Å². The van der Waals surface area contributed by atoms with Gasteiger partial charge in [-0.2, -0.15) is 0 Å². The van der Waals surface area contributed by atoms with Crippen LogP contribution < -0.4 is 10.6 Å². The molecule has 0 amide bonds. The number of aromatic nitrogens is 1. The van der Waals surface area contributed by atoms with Crippen LogP contribution in [-0.4, -0.2) is 12.0 Å². The van der Waals surface area contributed by atoms with Crippen molar-refractivity contribution in [1.82, 2.24) is 4.98 Å². The number of hydrogen-bond donors (Lipinski definition) is 1. The third kappa shape index (κ3) is 2.74. The molecule has 96 valence electrons. The highest BCUT2D eigenvalue weighted by molar-refractivity contribution is 14.1. The maximum Gasteiger partial charge on any atom is 0.138 e. The molecule has 0 aliphatic carbocycles. The van der Waals surface area contributed by atoms with Crippen LogP contribution in [0.15, 0.2) is 17.6 Å². The van der Waals surface area contributed by atoms with Gasteiger partial charge in [-0.1, -0.05) is 0 Å². The van der Waals surface area contributed by atoms with Crippen LogP contribution in [0.3, 0.4) is 0 Å². The Morgan fingerprint density at radius 2 is 2.22 bits per heavy atom. The number of hydrogen-bond acceptors (Lipinski definition) is 4. The molecule has 0 bridgehead atoms. The maximum atomic E-state index is 13.6. The molecule has 3 nitrogen and oxygen atoms in total. The van der Waals surface area contributed by atoms with Gasteiger partial charge in [0, 0.05) is 18.0 Å². The zero-order chi connectivity index (χ0) is 13.3. The molecule has 0 unspecified atom stereocenters. The van der Waals surface area contributed by atoms with Crippen molar-refractivity contribution < 1.29 is 4.39 Å². The molecule has 2 N–H and O–H groups in total. The highest BCUT2D eigenvalue weighted by atomic mass is 127. The Hall–Kier alpha value is -0.890. The summed E-state index contributed by atoms with van der Waals surface area (Å²) in [5.41, 5.74) is 10.1. The first-order valence-electron chi connectivity index (χ1n) is 5.33. The predicted molar refractivity (Wildman–Crippen MR) is 82.5 cm³/mol. The van der Waals surface area contributed by atoms with Crippen LogP contribution >= 0.6 is 33.9 Å². The number of benzene rings is 1. The first-order valence-corrected chi connectivity index (χ1v) is 7.29. The summed E-state index contributed by atoms with van der Waals surface area (Å²) in [6, 6.07) is 3.13. The lowest BCUT2D eigenvalue weighted by molar-refractivity contribution is 0.620. The minimum absolute atomic E-state index is 0.243. The van der Waals surface area contributed by atoms with Gasteiger partial charge >= 0.3 is 0 Å². The third-order valence-corrected chi connectivity index (χ3v) is 4.45. The van der Waals surface area contributed by atoms with Crippen molar-refractivity contribution >= 4 is 45.3 Å². The van der Waals surface area contributed by atoms with Gasteiger partial charge in [0.15, 0.2) is 0 Å². The third-order valence-electron chi connectivity index (χ3n) is 2.71. The first kappa shape index (κ1) is 13.5. The van der Waals surface area contributed by atoms with E-state index in [1.807, 2.05) is 47.0 Å². The standard InChI is InChI=1S/C12H13FIN3S/c1-7-12(18-6-16-7)5-17(2)11-3-8(13)9(14)4-10(11)15/h3-4,6H,5,15H2,1-2H3. The van der Waals surface area contributed by atoms with E-state index in [0.29, 0.717) is 21.5 Å². The zero-order valence-electron chi connectivity index (χ0n) is 10.1. The highest BCUT2D eigenvalue weighted by Crippen LogP contribution is 2.28. The molecule has 0 saturated heterocycles. The molecule has 6 heteroatoms. The lowest BCUT2D eigenvalue weighted by Crippen LogP contribution is -2.18. The monoisotopic (exact) mass is 377 g/mol. The second-order valence-corrected chi connectivity index (χ2v) is 6.14. The minimum atomic E-state index is -0.243. The molecule has 1 aromatic heterocycles. The van der Waals surface area contributed by atoms with E-state index in [0.717, 1.165) is 10.6 Å². The fourth-order valence-corrected chi connectivity index (χ4v) is 2.98. The van der Waals surface area contributed by atoms with Crippen LogP contribution in [-0.2, 0) is 6.54 Å². The lowest BCUT2D eigenvalue weighted by atomic mass is 10.2. The molecule has 0 saturated carbocycles. The van der Waals surface area contributed by atoms with E-state index in [4.69, 9.17) is 5.73 Å². The van der Waals surface area contributed by atoms with Gasteiger partial charge in [-0.15, -0.1) is 11.3 Å². The van der Waals surface area contributed by atoms with E-state index in [9.17, 15) is 4.39 Å². The average molecular weight is 377 g/mol. The quantitative estimate of drug-likeness (QED) is 0.659. The van der Waals surface area contributed by atoms with Crippen LogP contribution in [0.25, 0.3) is 0 Å². The molecule has 0 spiro atoms. The molecule has 0 atom stereocenters. The molecule has 0 aliphatic heterocycles. The van der Waals surface area contributed by atoms with Crippen LogP contribution in [0.5, 0.6) is 0 Å². The molecule has 0 aliphatic rings. The van der Waals surface area contributed by atoms with Crippen LogP contribution in [0.1, 0.15) is 10.6 Å². The molecule has 1 heterocycles. The fraction of sp³-hybridized carbons (Fsp3) is 0.250. The Morgan fingerprint density at radius 3 is 2.83 bits per heavy atom. The van der Waals surface area contributed by atoms with Crippen molar-refractivity contribution in [2.45, 2.75) is 13.5 Å². The van der Waals surface area contributed by atoms with Crippen molar-refractivity contribution in [1.29, 1.82) is 0 Å². The van der Waals surface area contributed by atoms with Crippen molar-refractivity contribution in [3.63, 3.8) is 0 Å². The van der Waals surface area contributed by atoms with E-state index >= 15 is 0 Å². The molecule has 0 fully saturated rings. The number of rotatable bonds is 3. The first-order chi connectivity index (χ1) is 8.49. The summed E-state index contributed by atoms with van der Waals surface area (Å²) in [6.07, 6.45) is 0. The number of halogens is 2. The summed E-state index contributed by atoms with van der Waals surface area (Å²) in [4.78, 5) is 7.31. The second-order valence-electron chi connectivity index (χ2n) is 4.04. The normalized spacial score (nSPS) is 10.7. The summed E-state index contributed by atoms with van der Waals surface area (Å²) in [5.74, 6) is -0.243. The Labute approximate surface area is 123 Å². The van der Waals surface area contributed by atoms with E-state index in [2.05, 4.69) is 4.98 Å².